The molecule has 2 atom stereocenters. The first-order valence-electron chi connectivity index (χ1n) is 5.76. The summed E-state index contributed by atoms with van der Waals surface area (Å²) < 4.78 is 5.21. The lowest BCUT2D eigenvalue weighted by atomic mass is 9.85. The molecule has 17 heavy (non-hydrogen) atoms. The monoisotopic (exact) mass is 250 g/mol. The number of benzene rings is 1. The number of halogens is 1. The Balaban J connectivity index is 2.39. The quantitative estimate of drug-likeness (QED) is 0.826. The Morgan fingerprint density at radius 3 is 2.53 bits per heavy atom. The third-order valence-electron chi connectivity index (χ3n) is 3.05. The highest BCUT2D eigenvalue weighted by atomic mass is 35.5. The smallest absolute Gasteiger partial charge is 0.263 e. The normalized spacial score (nSPS) is 14.5. The molecule has 2 aromatic rings. The van der Waals surface area contributed by atoms with Crippen molar-refractivity contribution in [2.45, 2.75) is 26.2 Å². The molecule has 90 valence electrons. The molecular formula is C13H15ClN2O. The minimum absolute atomic E-state index is 0.112. The minimum atomic E-state index is 0.112. The van der Waals surface area contributed by atoms with Crippen LogP contribution in [0.15, 0.2) is 34.9 Å². The van der Waals surface area contributed by atoms with E-state index in [9.17, 15) is 0 Å². The zero-order valence-electron chi connectivity index (χ0n) is 9.93. The van der Waals surface area contributed by atoms with Gasteiger partial charge in [-0.25, -0.2) is 0 Å². The lowest BCUT2D eigenvalue weighted by molar-refractivity contribution is 0.330. The van der Waals surface area contributed by atoms with E-state index >= 15 is 0 Å². The topological polar surface area (TPSA) is 38.9 Å². The molecule has 2 rings (SSSR count). The van der Waals surface area contributed by atoms with Crippen molar-refractivity contribution in [2.24, 2.45) is 5.92 Å². The van der Waals surface area contributed by atoms with Gasteiger partial charge in [0.2, 0.25) is 5.89 Å². The number of rotatable bonds is 4. The van der Waals surface area contributed by atoms with Gasteiger partial charge in [-0.3, -0.25) is 0 Å². The van der Waals surface area contributed by atoms with E-state index in [-0.39, 0.29) is 11.2 Å². The van der Waals surface area contributed by atoms with Gasteiger partial charge < -0.3 is 4.52 Å². The third kappa shape index (κ3) is 2.67. The summed E-state index contributed by atoms with van der Waals surface area (Å²) in [6.45, 7) is 4.33. The summed E-state index contributed by atoms with van der Waals surface area (Å²) in [5, 5.41) is 3.83. The molecule has 3 nitrogen and oxygen atoms in total. The van der Waals surface area contributed by atoms with Gasteiger partial charge >= 0.3 is 0 Å². The molecule has 0 radical (unpaired) electrons. The molecule has 0 aliphatic carbocycles. The Morgan fingerprint density at radius 2 is 2.00 bits per heavy atom. The fourth-order valence-electron chi connectivity index (χ4n) is 1.95. The maximum Gasteiger partial charge on any atom is 0.263 e. The molecule has 2 unspecified atom stereocenters. The summed E-state index contributed by atoms with van der Waals surface area (Å²) in [6.07, 6.45) is 1.04. The predicted molar refractivity (Wildman–Crippen MR) is 67.0 cm³/mol. The summed E-state index contributed by atoms with van der Waals surface area (Å²) in [5.74, 6) is 1.13. The Labute approximate surface area is 106 Å². The average Bonchev–Trinajstić information content (AvgIpc) is 2.77. The van der Waals surface area contributed by atoms with E-state index in [4.69, 9.17) is 16.1 Å². The highest BCUT2D eigenvalue weighted by Gasteiger charge is 2.25. The molecule has 1 aromatic heterocycles. The molecule has 4 heteroatoms. The molecule has 0 bridgehead atoms. The van der Waals surface area contributed by atoms with Crippen LogP contribution in [0.4, 0.5) is 0 Å². The highest BCUT2D eigenvalue weighted by Crippen LogP contribution is 2.32. The number of nitrogens with zero attached hydrogens (tertiary/aromatic N) is 2. The van der Waals surface area contributed by atoms with Crippen LogP contribution in [0.2, 0.25) is 5.28 Å². The molecule has 0 saturated heterocycles. The second kappa shape index (κ2) is 5.32. The second-order valence-corrected chi connectivity index (χ2v) is 4.51. The first-order chi connectivity index (χ1) is 8.22. The van der Waals surface area contributed by atoms with E-state index in [1.165, 1.54) is 5.56 Å². The SMILES string of the molecule is CCC(C)C(c1ccccc1)c1nc(Cl)no1. The van der Waals surface area contributed by atoms with Crippen LogP contribution in [0.5, 0.6) is 0 Å². The fourth-order valence-corrected chi connectivity index (χ4v) is 2.07. The molecule has 1 aromatic carbocycles. The highest BCUT2D eigenvalue weighted by molar-refractivity contribution is 6.28. The first-order valence-corrected chi connectivity index (χ1v) is 6.14. The molecule has 0 N–H and O–H groups in total. The molecule has 0 fully saturated rings. The zero-order valence-corrected chi connectivity index (χ0v) is 10.7. The largest absolute Gasteiger partial charge is 0.337 e. The van der Waals surface area contributed by atoms with Crippen LogP contribution in [-0.4, -0.2) is 10.1 Å². The van der Waals surface area contributed by atoms with E-state index in [1.54, 1.807) is 0 Å². The molecule has 0 amide bonds. The van der Waals surface area contributed by atoms with Crippen molar-refractivity contribution in [2.75, 3.05) is 0 Å². The van der Waals surface area contributed by atoms with Crippen LogP contribution >= 0.6 is 11.6 Å². The molecule has 0 saturated carbocycles. The standard InChI is InChI=1S/C13H15ClN2O/c1-3-9(2)11(10-7-5-4-6-8-10)12-15-13(14)16-17-12/h4-9,11H,3H2,1-2H3. The fraction of sp³-hybridized carbons (Fsp3) is 0.385. The van der Waals surface area contributed by atoms with Crippen LogP contribution in [-0.2, 0) is 0 Å². The number of hydrogen-bond acceptors (Lipinski definition) is 3. The Kier molecular flexibility index (Phi) is 3.79. The molecule has 0 spiro atoms. The number of aromatic nitrogens is 2. The van der Waals surface area contributed by atoms with Gasteiger partial charge in [0.1, 0.15) is 0 Å². The average molecular weight is 251 g/mol. The first kappa shape index (κ1) is 12.1. The lowest BCUT2D eigenvalue weighted by Crippen LogP contribution is -2.11. The Bertz CT molecular complexity index is 469. The van der Waals surface area contributed by atoms with Gasteiger partial charge in [0, 0.05) is 0 Å². The van der Waals surface area contributed by atoms with Crippen molar-refractivity contribution in [1.29, 1.82) is 0 Å². The van der Waals surface area contributed by atoms with Crippen molar-refractivity contribution in [3.63, 3.8) is 0 Å². The van der Waals surface area contributed by atoms with Gasteiger partial charge in [-0.2, -0.15) is 4.98 Å². The Morgan fingerprint density at radius 1 is 1.29 bits per heavy atom. The van der Waals surface area contributed by atoms with Gasteiger partial charge in [0.05, 0.1) is 5.92 Å². The number of hydrogen-bond donors (Lipinski definition) is 0. The van der Waals surface area contributed by atoms with Crippen LogP contribution in [0.25, 0.3) is 0 Å². The molecule has 1 heterocycles. The van der Waals surface area contributed by atoms with Crippen LogP contribution in [0, 0.1) is 5.92 Å². The maximum atomic E-state index is 5.72. The van der Waals surface area contributed by atoms with E-state index in [0.717, 1.165) is 6.42 Å². The predicted octanol–water partition coefficient (Wildman–Crippen LogP) is 3.90. The molecule has 0 aliphatic heterocycles. The third-order valence-corrected chi connectivity index (χ3v) is 3.21. The van der Waals surface area contributed by atoms with E-state index in [0.29, 0.717) is 11.8 Å². The van der Waals surface area contributed by atoms with Crippen LogP contribution in [0.1, 0.15) is 37.6 Å². The van der Waals surface area contributed by atoms with Crippen molar-refractivity contribution < 1.29 is 4.52 Å². The van der Waals surface area contributed by atoms with Crippen LogP contribution < -0.4 is 0 Å². The van der Waals surface area contributed by atoms with Gasteiger partial charge in [0.15, 0.2) is 0 Å². The molecule has 0 aliphatic rings. The summed E-state index contributed by atoms with van der Waals surface area (Å²) in [5.41, 5.74) is 1.18. The summed E-state index contributed by atoms with van der Waals surface area (Å²) in [4.78, 5) is 4.14. The summed E-state index contributed by atoms with van der Waals surface area (Å²) in [6, 6.07) is 10.2. The van der Waals surface area contributed by atoms with E-state index in [2.05, 4.69) is 36.1 Å². The zero-order chi connectivity index (χ0) is 12.3. The van der Waals surface area contributed by atoms with Crippen molar-refractivity contribution in [3.8, 4) is 0 Å². The summed E-state index contributed by atoms with van der Waals surface area (Å²) >= 11 is 5.72. The maximum absolute atomic E-state index is 5.72. The summed E-state index contributed by atoms with van der Waals surface area (Å²) in [7, 11) is 0. The second-order valence-electron chi connectivity index (χ2n) is 4.18. The van der Waals surface area contributed by atoms with Gasteiger partial charge in [-0.1, -0.05) is 50.6 Å². The lowest BCUT2D eigenvalue weighted by Gasteiger charge is -2.19. The minimum Gasteiger partial charge on any atom is -0.337 e. The van der Waals surface area contributed by atoms with E-state index in [1.807, 2.05) is 18.2 Å². The van der Waals surface area contributed by atoms with Crippen molar-refractivity contribution in [3.05, 3.63) is 47.1 Å². The van der Waals surface area contributed by atoms with Crippen molar-refractivity contribution >= 4 is 11.6 Å². The van der Waals surface area contributed by atoms with Crippen LogP contribution in [0.3, 0.4) is 0 Å². The van der Waals surface area contributed by atoms with Gasteiger partial charge in [-0.15, -0.1) is 0 Å². The van der Waals surface area contributed by atoms with Crippen molar-refractivity contribution in [1.82, 2.24) is 10.1 Å². The van der Waals surface area contributed by atoms with Gasteiger partial charge in [-0.05, 0) is 28.2 Å². The van der Waals surface area contributed by atoms with E-state index < -0.39 is 0 Å². The molecular weight excluding hydrogens is 236 g/mol. The van der Waals surface area contributed by atoms with Gasteiger partial charge in [0.25, 0.3) is 5.28 Å². The Hall–Kier alpha value is -1.35.